The third-order valence-corrected chi connectivity index (χ3v) is 8.78. The van der Waals surface area contributed by atoms with E-state index >= 15 is 0 Å². The predicted molar refractivity (Wildman–Crippen MR) is 141 cm³/mol. The van der Waals surface area contributed by atoms with Gasteiger partial charge < -0.3 is 19.9 Å². The van der Waals surface area contributed by atoms with E-state index in [4.69, 9.17) is 4.74 Å². The molecule has 0 aromatic carbocycles. The molecule has 186 valence electrons. The van der Waals surface area contributed by atoms with Crippen molar-refractivity contribution in [2.24, 2.45) is 0 Å². The minimum Gasteiger partial charge on any atom is -0.456 e. The summed E-state index contributed by atoms with van der Waals surface area (Å²) in [5.74, 6) is -0.360. The Morgan fingerprint density at radius 3 is 2.60 bits per heavy atom. The molecule has 0 radical (unpaired) electrons. The number of aromatic nitrogens is 1. The fraction of sp³-hybridized carbons (Fsp3) is 0.462. The SMILES string of the molecule is CC(C)(C)OC(=O)c1c(NC(=O)NCc2c(-n3cccc3)sc3c2CCNC3)sc2c1CCCC2. The number of esters is 1. The first-order chi connectivity index (χ1) is 16.8. The Morgan fingerprint density at radius 1 is 1.06 bits per heavy atom. The van der Waals surface area contributed by atoms with Crippen LogP contribution in [0.2, 0.25) is 0 Å². The minimum atomic E-state index is -0.595. The van der Waals surface area contributed by atoms with Crippen LogP contribution in [-0.2, 0) is 37.1 Å². The molecule has 3 aromatic heterocycles. The Morgan fingerprint density at radius 2 is 1.83 bits per heavy atom. The van der Waals surface area contributed by atoms with E-state index in [0.29, 0.717) is 17.1 Å². The van der Waals surface area contributed by atoms with Crippen LogP contribution in [0.4, 0.5) is 9.80 Å². The van der Waals surface area contributed by atoms with Crippen molar-refractivity contribution in [2.45, 2.75) is 71.6 Å². The number of carbonyl (C=O) groups excluding carboxylic acids is 2. The molecule has 0 spiro atoms. The molecule has 0 fully saturated rings. The summed E-state index contributed by atoms with van der Waals surface area (Å²) >= 11 is 3.28. The molecule has 0 bridgehead atoms. The first kappa shape index (κ1) is 24.1. The van der Waals surface area contributed by atoms with Gasteiger partial charge in [-0.05, 0) is 82.7 Å². The van der Waals surface area contributed by atoms with Gasteiger partial charge in [-0.2, -0.15) is 0 Å². The summed E-state index contributed by atoms with van der Waals surface area (Å²) in [6.07, 6.45) is 8.97. The van der Waals surface area contributed by atoms with E-state index in [1.165, 1.54) is 26.7 Å². The summed E-state index contributed by atoms with van der Waals surface area (Å²) in [6.45, 7) is 7.82. The number of ether oxygens (including phenoxy) is 1. The van der Waals surface area contributed by atoms with Gasteiger partial charge in [-0.25, -0.2) is 9.59 Å². The van der Waals surface area contributed by atoms with Crippen LogP contribution in [-0.4, -0.2) is 28.7 Å². The molecule has 1 aliphatic heterocycles. The maximum Gasteiger partial charge on any atom is 0.341 e. The van der Waals surface area contributed by atoms with E-state index in [-0.39, 0.29) is 12.0 Å². The van der Waals surface area contributed by atoms with Crippen molar-refractivity contribution in [3.8, 4) is 5.00 Å². The highest BCUT2D eigenvalue weighted by molar-refractivity contribution is 7.17. The van der Waals surface area contributed by atoms with Crippen molar-refractivity contribution in [3.63, 3.8) is 0 Å². The number of hydrogen-bond acceptors (Lipinski definition) is 6. The summed E-state index contributed by atoms with van der Waals surface area (Å²) in [4.78, 5) is 28.7. The quantitative estimate of drug-likeness (QED) is 0.400. The molecule has 35 heavy (non-hydrogen) atoms. The van der Waals surface area contributed by atoms with Crippen molar-refractivity contribution in [1.29, 1.82) is 0 Å². The van der Waals surface area contributed by atoms with E-state index in [9.17, 15) is 9.59 Å². The number of amides is 2. The molecule has 7 nitrogen and oxygen atoms in total. The maximum absolute atomic E-state index is 13.1. The summed E-state index contributed by atoms with van der Waals surface area (Å²) in [5.41, 5.74) is 3.47. The number of hydrogen-bond donors (Lipinski definition) is 3. The van der Waals surface area contributed by atoms with Gasteiger partial charge in [0.05, 0.1) is 5.56 Å². The van der Waals surface area contributed by atoms with Crippen LogP contribution in [0.25, 0.3) is 5.00 Å². The molecule has 3 aromatic rings. The number of urea groups is 1. The Labute approximate surface area is 213 Å². The van der Waals surface area contributed by atoms with Gasteiger partial charge in [0.25, 0.3) is 0 Å². The highest BCUT2D eigenvalue weighted by Crippen LogP contribution is 2.39. The zero-order valence-electron chi connectivity index (χ0n) is 20.5. The Balaban J connectivity index is 1.36. The number of thiophene rings is 2. The summed E-state index contributed by atoms with van der Waals surface area (Å²) in [7, 11) is 0. The lowest BCUT2D eigenvalue weighted by molar-refractivity contribution is 0.00699. The average Bonchev–Trinajstić information content (AvgIpc) is 3.53. The normalized spacial score (nSPS) is 15.3. The third-order valence-electron chi connectivity index (χ3n) is 6.28. The number of carbonyl (C=O) groups is 2. The van der Waals surface area contributed by atoms with Crippen LogP contribution in [0.1, 0.15) is 70.4 Å². The van der Waals surface area contributed by atoms with Gasteiger partial charge in [0.15, 0.2) is 0 Å². The lowest BCUT2D eigenvalue weighted by atomic mass is 9.95. The monoisotopic (exact) mass is 512 g/mol. The second kappa shape index (κ2) is 9.79. The van der Waals surface area contributed by atoms with E-state index in [0.717, 1.165) is 61.3 Å². The molecular formula is C26H32N4O3S2. The molecule has 0 atom stereocenters. The third kappa shape index (κ3) is 5.17. The number of nitrogens with one attached hydrogen (secondary N) is 3. The average molecular weight is 513 g/mol. The van der Waals surface area contributed by atoms with Crippen molar-refractivity contribution in [2.75, 3.05) is 11.9 Å². The van der Waals surface area contributed by atoms with Gasteiger partial charge in [0, 0.05) is 40.8 Å². The zero-order valence-corrected chi connectivity index (χ0v) is 22.1. The fourth-order valence-electron chi connectivity index (χ4n) is 4.76. The van der Waals surface area contributed by atoms with E-state index < -0.39 is 5.60 Å². The molecule has 0 saturated heterocycles. The highest BCUT2D eigenvalue weighted by Gasteiger charge is 2.30. The van der Waals surface area contributed by atoms with Crippen molar-refractivity contribution >= 4 is 39.7 Å². The molecule has 4 heterocycles. The lowest BCUT2D eigenvalue weighted by Crippen LogP contribution is -2.30. The van der Waals surface area contributed by atoms with Crippen LogP contribution >= 0.6 is 22.7 Å². The van der Waals surface area contributed by atoms with E-state index in [2.05, 4.69) is 20.5 Å². The van der Waals surface area contributed by atoms with Crippen LogP contribution in [0, 0.1) is 0 Å². The number of rotatable bonds is 5. The van der Waals surface area contributed by atoms with Gasteiger partial charge in [-0.1, -0.05) is 0 Å². The van der Waals surface area contributed by atoms with Crippen molar-refractivity contribution in [3.05, 3.63) is 56.5 Å². The molecule has 0 unspecified atom stereocenters. The number of nitrogens with zero attached hydrogens (tertiary/aromatic N) is 1. The van der Waals surface area contributed by atoms with Crippen molar-refractivity contribution < 1.29 is 14.3 Å². The van der Waals surface area contributed by atoms with Gasteiger partial charge in [-0.15, -0.1) is 22.7 Å². The molecule has 5 rings (SSSR count). The molecule has 3 N–H and O–H groups in total. The summed E-state index contributed by atoms with van der Waals surface area (Å²) < 4.78 is 7.81. The van der Waals surface area contributed by atoms with Crippen molar-refractivity contribution in [1.82, 2.24) is 15.2 Å². The van der Waals surface area contributed by atoms with Crippen LogP contribution in [0.15, 0.2) is 24.5 Å². The Kier molecular flexibility index (Phi) is 6.74. The Hall–Kier alpha value is -2.62. The number of fused-ring (bicyclic) bond motifs is 2. The fourth-order valence-corrected chi connectivity index (χ4v) is 7.34. The van der Waals surface area contributed by atoms with Crippen LogP contribution in [0.5, 0.6) is 0 Å². The van der Waals surface area contributed by atoms with Gasteiger partial charge >= 0.3 is 12.0 Å². The summed E-state index contributed by atoms with van der Waals surface area (Å²) in [5, 5.41) is 11.2. The molecule has 0 saturated carbocycles. The lowest BCUT2D eigenvalue weighted by Gasteiger charge is -2.21. The molecule has 9 heteroatoms. The standard InChI is InChI=1S/C26H32N4O3S2/c1-26(2,3)33-24(31)21-17-8-4-5-9-19(17)34-22(21)29-25(32)28-14-18-16-10-11-27-15-20(16)35-23(18)30-12-6-7-13-30/h6-7,12-13,27H,4-5,8-11,14-15H2,1-3H3,(H2,28,29,32). The molecule has 2 amide bonds. The number of aryl methyl sites for hydroxylation is 1. The molecule has 2 aliphatic rings. The maximum atomic E-state index is 13.1. The smallest absolute Gasteiger partial charge is 0.341 e. The second-order valence-corrected chi connectivity index (χ2v) is 12.2. The van der Waals surface area contributed by atoms with Gasteiger partial charge in [-0.3, -0.25) is 5.32 Å². The first-order valence-corrected chi connectivity index (χ1v) is 13.8. The highest BCUT2D eigenvalue weighted by atomic mass is 32.1. The molecule has 1 aliphatic carbocycles. The topological polar surface area (TPSA) is 84.4 Å². The first-order valence-electron chi connectivity index (χ1n) is 12.2. The second-order valence-electron chi connectivity index (χ2n) is 10.0. The van der Waals surface area contributed by atoms with Crippen LogP contribution in [0.3, 0.4) is 0 Å². The predicted octanol–water partition coefficient (Wildman–Crippen LogP) is 5.40. The molecular weight excluding hydrogens is 480 g/mol. The summed E-state index contributed by atoms with van der Waals surface area (Å²) in [6, 6.07) is 3.72. The largest absolute Gasteiger partial charge is 0.456 e. The van der Waals surface area contributed by atoms with Crippen LogP contribution < -0.4 is 16.0 Å². The van der Waals surface area contributed by atoms with Gasteiger partial charge in [0.2, 0.25) is 0 Å². The van der Waals surface area contributed by atoms with Gasteiger partial charge in [0.1, 0.15) is 15.6 Å². The number of anilines is 1. The zero-order chi connectivity index (χ0) is 24.6. The van der Waals surface area contributed by atoms with E-state index in [1.54, 1.807) is 11.3 Å². The minimum absolute atomic E-state index is 0.305. The Bertz CT molecular complexity index is 1230. The van der Waals surface area contributed by atoms with E-state index in [1.807, 2.05) is 45.3 Å².